The molecule has 3 rings (SSSR count). The van der Waals surface area contributed by atoms with E-state index in [2.05, 4.69) is 15.9 Å². The van der Waals surface area contributed by atoms with Gasteiger partial charge in [0.15, 0.2) is 0 Å². The van der Waals surface area contributed by atoms with Gasteiger partial charge in [0, 0.05) is 18.6 Å². The molecule has 0 radical (unpaired) electrons. The van der Waals surface area contributed by atoms with Crippen LogP contribution in [0.3, 0.4) is 0 Å². The molecular formula is C10H13BrN2O3S. The molecule has 1 aliphatic carbocycles. The normalized spacial score (nSPS) is 33.4. The van der Waals surface area contributed by atoms with Gasteiger partial charge in [-0.3, -0.25) is 0 Å². The molecular weight excluding hydrogens is 308 g/mol. The maximum Gasteiger partial charge on any atom is 0.277 e. The minimum Gasteiger partial charge on any atom is -0.451 e. The highest BCUT2D eigenvalue weighted by molar-refractivity contribution is 9.10. The van der Waals surface area contributed by atoms with Gasteiger partial charge in [0.25, 0.3) is 10.0 Å². The van der Waals surface area contributed by atoms with E-state index in [1.807, 2.05) is 0 Å². The molecule has 2 heterocycles. The van der Waals surface area contributed by atoms with Gasteiger partial charge in [-0.1, -0.05) is 0 Å². The molecule has 0 bridgehead atoms. The molecule has 7 heteroatoms. The van der Waals surface area contributed by atoms with E-state index in [0.29, 0.717) is 23.5 Å². The fraction of sp³-hybridized carbons (Fsp3) is 0.600. The third-order valence-electron chi connectivity index (χ3n) is 3.82. The molecule has 1 saturated heterocycles. The van der Waals surface area contributed by atoms with E-state index in [9.17, 15) is 8.42 Å². The van der Waals surface area contributed by atoms with Crippen LogP contribution in [0.5, 0.6) is 0 Å². The van der Waals surface area contributed by atoms with E-state index >= 15 is 0 Å². The smallest absolute Gasteiger partial charge is 0.277 e. The zero-order valence-corrected chi connectivity index (χ0v) is 11.5. The van der Waals surface area contributed by atoms with Crippen molar-refractivity contribution in [3.63, 3.8) is 0 Å². The molecule has 2 atom stereocenters. The number of rotatable bonds is 2. The van der Waals surface area contributed by atoms with E-state index in [1.54, 1.807) is 6.07 Å². The number of hydrogen-bond acceptors (Lipinski definition) is 4. The summed E-state index contributed by atoms with van der Waals surface area (Å²) >= 11 is 3.18. The second-order valence-corrected chi connectivity index (χ2v) is 7.51. The lowest BCUT2D eigenvalue weighted by molar-refractivity contribution is 0.189. The molecule has 2 N–H and O–H groups in total. The van der Waals surface area contributed by atoms with Crippen molar-refractivity contribution in [1.82, 2.24) is 4.31 Å². The van der Waals surface area contributed by atoms with Crippen molar-refractivity contribution in [3.05, 3.63) is 16.8 Å². The third-order valence-corrected chi connectivity index (χ3v) is 6.45. The Balaban J connectivity index is 1.93. The summed E-state index contributed by atoms with van der Waals surface area (Å²) in [7, 11) is -3.55. The molecule has 2 aliphatic rings. The van der Waals surface area contributed by atoms with Crippen molar-refractivity contribution in [2.45, 2.75) is 23.5 Å². The van der Waals surface area contributed by atoms with Crippen molar-refractivity contribution >= 4 is 26.0 Å². The first-order valence-electron chi connectivity index (χ1n) is 5.45. The highest BCUT2D eigenvalue weighted by Crippen LogP contribution is 2.44. The molecule has 2 fully saturated rings. The molecule has 1 saturated carbocycles. The van der Waals surface area contributed by atoms with E-state index in [0.717, 1.165) is 12.8 Å². The molecule has 1 aliphatic heterocycles. The zero-order valence-electron chi connectivity index (χ0n) is 9.10. The average molecular weight is 321 g/mol. The summed E-state index contributed by atoms with van der Waals surface area (Å²) in [4.78, 5) is 0. The maximum absolute atomic E-state index is 12.3. The Morgan fingerprint density at radius 2 is 2.35 bits per heavy atom. The quantitative estimate of drug-likeness (QED) is 0.887. The Kier molecular flexibility index (Phi) is 2.46. The summed E-state index contributed by atoms with van der Waals surface area (Å²) in [6.45, 7) is 0.902. The number of sulfonamides is 1. The largest absolute Gasteiger partial charge is 0.451 e. The molecule has 1 aromatic heterocycles. The van der Waals surface area contributed by atoms with Crippen LogP contribution < -0.4 is 5.73 Å². The van der Waals surface area contributed by atoms with Gasteiger partial charge in [0.1, 0.15) is 0 Å². The van der Waals surface area contributed by atoms with Crippen LogP contribution in [-0.4, -0.2) is 31.4 Å². The third kappa shape index (κ3) is 1.60. The van der Waals surface area contributed by atoms with Gasteiger partial charge in [0.05, 0.1) is 10.7 Å². The number of hydrogen-bond donors (Lipinski definition) is 1. The van der Waals surface area contributed by atoms with Crippen molar-refractivity contribution in [3.8, 4) is 0 Å². The van der Waals surface area contributed by atoms with Gasteiger partial charge in [-0.25, -0.2) is 8.42 Å². The number of halogens is 1. The molecule has 0 amide bonds. The van der Waals surface area contributed by atoms with Crippen molar-refractivity contribution in [1.29, 1.82) is 0 Å². The Labute approximate surface area is 108 Å². The molecule has 0 spiro atoms. The van der Waals surface area contributed by atoms with Crippen molar-refractivity contribution in [2.75, 3.05) is 13.1 Å². The van der Waals surface area contributed by atoms with Gasteiger partial charge in [-0.15, -0.1) is 0 Å². The number of furan rings is 1. The Hall–Kier alpha value is -0.370. The van der Waals surface area contributed by atoms with Crippen LogP contribution in [0, 0.1) is 5.92 Å². The fourth-order valence-electron chi connectivity index (χ4n) is 2.60. The fourth-order valence-corrected chi connectivity index (χ4v) is 4.93. The van der Waals surface area contributed by atoms with E-state index in [1.165, 1.54) is 10.6 Å². The predicted octanol–water partition coefficient (Wildman–Crippen LogP) is 1.15. The topological polar surface area (TPSA) is 76.5 Å². The SMILES string of the molecule is N[C@]12CC[C@H]1CN(S(=O)(=O)c1occc1Br)C2. The first kappa shape index (κ1) is 11.7. The lowest BCUT2D eigenvalue weighted by Crippen LogP contribution is -2.54. The second kappa shape index (κ2) is 3.57. The Morgan fingerprint density at radius 3 is 2.76 bits per heavy atom. The number of nitrogens with two attached hydrogens (primary N) is 1. The monoisotopic (exact) mass is 320 g/mol. The van der Waals surface area contributed by atoms with Crippen LogP contribution in [0.1, 0.15) is 12.8 Å². The van der Waals surface area contributed by atoms with Gasteiger partial charge < -0.3 is 10.2 Å². The summed E-state index contributed by atoms with van der Waals surface area (Å²) in [5.74, 6) is 0.297. The van der Waals surface area contributed by atoms with Crippen molar-refractivity contribution < 1.29 is 12.8 Å². The van der Waals surface area contributed by atoms with Gasteiger partial charge in [-0.2, -0.15) is 4.31 Å². The summed E-state index contributed by atoms with van der Waals surface area (Å²) in [6, 6.07) is 1.58. The van der Waals surface area contributed by atoms with Crippen LogP contribution >= 0.6 is 15.9 Å². The van der Waals surface area contributed by atoms with Crippen molar-refractivity contribution in [2.24, 2.45) is 11.7 Å². The highest BCUT2D eigenvalue weighted by Gasteiger charge is 2.53. The summed E-state index contributed by atoms with van der Waals surface area (Å²) in [6.07, 6.45) is 3.28. The number of fused-ring (bicyclic) bond motifs is 1. The second-order valence-electron chi connectivity index (χ2n) is 4.82. The highest BCUT2D eigenvalue weighted by atomic mass is 79.9. The Bertz CT molecular complexity index is 556. The standard InChI is InChI=1S/C10H13BrN2O3S/c11-8-2-4-16-9(8)17(14,15)13-5-7-1-3-10(7,12)6-13/h2,4,7H,1,3,5-6,12H2/t7-,10-/m0/s1. The molecule has 0 unspecified atom stereocenters. The first-order valence-corrected chi connectivity index (χ1v) is 7.69. The van der Waals surface area contributed by atoms with Crippen LogP contribution in [0.15, 0.2) is 26.3 Å². The first-order chi connectivity index (χ1) is 7.93. The van der Waals surface area contributed by atoms with Crippen LogP contribution in [-0.2, 0) is 10.0 Å². The maximum atomic E-state index is 12.3. The molecule has 94 valence electrons. The van der Waals surface area contributed by atoms with E-state index in [4.69, 9.17) is 10.2 Å². The van der Waals surface area contributed by atoms with Crippen LogP contribution in [0.4, 0.5) is 0 Å². The Morgan fingerprint density at radius 1 is 1.59 bits per heavy atom. The molecule has 1 aromatic rings. The van der Waals surface area contributed by atoms with E-state index in [-0.39, 0.29) is 10.6 Å². The minimum atomic E-state index is -3.55. The van der Waals surface area contributed by atoms with Gasteiger partial charge in [0.2, 0.25) is 5.09 Å². The van der Waals surface area contributed by atoms with Gasteiger partial charge in [-0.05, 0) is 40.8 Å². The van der Waals surface area contributed by atoms with E-state index < -0.39 is 10.0 Å². The predicted molar refractivity (Wildman–Crippen MR) is 64.8 cm³/mol. The average Bonchev–Trinajstić information content (AvgIpc) is 2.76. The van der Waals surface area contributed by atoms with Crippen LogP contribution in [0.2, 0.25) is 0 Å². The molecule has 5 nitrogen and oxygen atoms in total. The van der Waals surface area contributed by atoms with Gasteiger partial charge >= 0.3 is 0 Å². The summed E-state index contributed by atoms with van der Waals surface area (Å²) < 4.78 is 31.6. The lowest BCUT2D eigenvalue weighted by Gasteiger charge is -2.40. The lowest BCUT2D eigenvalue weighted by atomic mass is 9.70. The van der Waals surface area contributed by atoms with Crippen LogP contribution in [0.25, 0.3) is 0 Å². The number of nitrogens with zero attached hydrogens (tertiary/aromatic N) is 1. The summed E-state index contributed by atoms with van der Waals surface area (Å²) in [5, 5.41) is -0.0256. The zero-order chi connectivity index (χ0) is 12.3. The molecule has 17 heavy (non-hydrogen) atoms. The molecule has 0 aromatic carbocycles. The minimum absolute atomic E-state index is 0.0256. The summed E-state index contributed by atoms with van der Waals surface area (Å²) in [5.41, 5.74) is 5.82.